The van der Waals surface area contributed by atoms with Crippen molar-refractivity contribution in [3.8, 4) is 11.8 Å². The Bertz CT molecular complexity index is 894. The number of fused-ring (bicyclic) bond motifs is 2. The summed E-state index contributed by atoms with van der Waals surface area (Å²) in [4.78, 5) is 29.0. The zero-order valence-electron chi connectivity index (χ0n) is 21.2. The molecule has 2 aliphatic rings. The lowest BCUT2D eigenvalue weighted by atomic mass is 9.84. The Morgan fingerprint density at radius 2 is 1.80 bits per heavy atom. The molecule has 1 aromatic rings. The average molecular weight is 487 g/mol. The first-order valence-corrected chi connectivity index (χ1v) is 12.3. The van der Waals surface area contributed by atoms with Crippen LogP contribution in [0.15, 0.2) is 24.3 Å². The number of benzene rings is 1. The van der Waals surface area contributed by atoms with Crippen LogP contribution in [0, 0.1) is 23.2 Å². The number of piperidine rings is 2. The van der Waals surface area contributed by atoms with Crippen LogP contribution in [0.25, 0.3) is 0 Å². The lowest BCUT2D eigenvalue weighted by Crippen LogP contribution is -2.55. The van der Waals surface area contributed by atoms with E-state index in [-0.39, 0.29) is 25.0 Å². The molecule has 2 saturated heterocycles. The molecule has 1 aromatic carbocycles. The number of rotatable bonds is 8. The molecule has 2 heterocycles. The number of carbonyl (C=O) groups excluding carboxylic acids is 2. The number of alkyl carbamates (subject to hydrolysis) is 1. The fraction of sp³-hybridized carbons (Fsp3) is 0.654. The van der Waals surface area contributed by atoms with Gasteiger partial charge in [-0.2, -0.15) is 5.26 Å². The number of hydrogen-bond donors (Lipinski definition) is 2. The van der Waals surface area contributed by atoms with E-state index < -0.39 is 17.8 Å². The molecule has 0 aliphatic carbocycles. The van der Waals surface area contributed by atoms with Gasteiger partial charge in [0.2, 0.25) is 5.91 Å². The van der Waals surface area contributed by atoms with E-state index in [2.05, 4.69) is 16.3 Å². The monoisotopic (exact) mass is 486 g/mol. The van der Waals surface area contributed by atoms with Gasteiger partial charge in [0.15, 0.2) is 0 Å². The number of amides is 2. The summed E-state index contributed by atoms with van der Waals surface area (Å²) in [6.45, 7) is 11.0. The number of hydrogen-bond acceptors (Lipinski definition) is 7. The molecule has 35 heavy (non-hydrogen) atoms. The van der Waals surface area contributed by atoms with Crippen molar-refractivity contribution in [2.24, 2.45) is 11.8 Å². The summed E-state index contributed by atoms with van der Waals surface area (Å²) in [5, 5.41) is 22.1. The molecule has 4 atom stereocenters. The van der Waals surface area contributed by atoms with Crippen molar-refractivity contribution in [1.82, 2.24) is 15.1 Å². The average Bonchev–Trinajstić information content (AvgIpc) is 2.75. The van der Waals surface area contributed by atoms with Gasteiger partial charge in [-0.25, -0.2) is 4.79 Å². The summed E-state index contributed by atoms with van der Waals surface area (Å²) in [7, 11) is 0. The van der Waals surface area contributed by atoms with Crippen LogP contribution < -0.4 is 10.1 Å². The number of nitriles is 1. The molecule has 0 aromatic heterocycles. The number of β-amino-alcohol motifs (C(OH)–C–C–N with tert-alkyl or cyclic N) is 1. The SMILES string of the molecule is CC(CC(=O)N1CC2CC(CN(CC(O)COc3ccc(C#N)cc3)C2)C1)NC(=O)OC(C)(C)C. The Hall–Kier alpha value is -2.83. The van der Waals surface area contributed by atoms with Crippen LogP contribution in [0.5, 0.6) is 5.75 Å². The summed E-state index contributed by atoms with van der Waals surface area (Å²) in [6.07, 6.45) is 0.199. The summed E-state index contributed by atoms with van der Waals surface area (Å²) >= 11 is 0. The summed E-state index contributed by atoms with van der Waals surface area (Å²) < 4.78 is 10.9. The maximum Gasteiger partial charge on any atom is 0.407 e. The van der Waals surface area contributed by atoms with E-state index in [9.17, 15) is 14.7 Å². The molecule has 9 heteroatoms. The van der Waals surface area contributed by atoms with E-state index in [0.717, 1.165) is 19.5 Å². The van der Waals surface area contributed by atoms with E-state index in [0.29, 0.717) is 42.8 Å². The van der Waals surface area contributed by atoms with Gasteiger partial charge in [-0.15, -0.1) is 0 Å². The molecule has 192 valence electrons. The first-order chi connectivity index (χ1) is 16.5. The number of nitrogens with zero attached hydrogens (tertiary/aromatic N) is 3. The van der Waals surface area contributed by atoms with E-state index in [4.69, 9.17) is 14.7 Å². The maximum absolute atomic E-state index is 12.9. The summed E-state index contributed by atoms with van der Waals surface area (Å²) in [6, 6.07) is 8.60. The van der Waals surface area contributed by atoms with Crippen molar-refractivity contribution < 1.29 is 24.2 Å². The molecule has 0 saturated carbocycles. The molecule has 2 bridgehead atoms. The first kappa shape index (κ1) is 26.8. The lowest BCUT2D eigenvalue weighted by molar-refractivity contribution is -0.136. The van der Waals surface area contributed by atoms with E-state index >= 15 is 0 Å². The third-order valence-electron chi connectivity index (χ3n) is 6.15. The van der Waals surface area contributed by atoms with Crippen molar-refractivity contribution in [3.05, 3.63) is 29.8 Å². The third-order valence-corrected chi connectivity index (χ3v) is 6.15. The van der Waals surface area contributed by atoms with Crippen LogP contribution in [-0.4, -0.2) is 84.0 Å². The quantitative estimate of drug-likeness (QED) is 0.580. The molecule has 0 radical (unpaired) electrons. The Labute approximate surface area is 208 Å². The predicted molar refractivity (Wildman–Crippen MR) is 131 cm³/mol. The second kappa shape index (κ2) is 11.7. The van der Waals surface area contributed by atoms with Crippen molar-refractivity contribution in [3.63, 3.8) is 0 Å². The predicted octanol–water partition coefficient (Wildman–Crippen LogP) is 2.38. The Morgan fingerprint density at radius 1 is 1.17 bits per heavy atom. The van der Waals surface area contributed by atoms with Crippen LogP contribution in [-0.2, 0) is 9.53 Å². The van der Waals surface area contributed by atoms with Crippen molar-refractivity contribution in [2.75, 3.05) is 39.3 Å². The smallest absolute Gasteiger partial charge is 0.407 e. The minimum absolute atomic E-state index is 0.0487. The van der Waals surface area contributed by atoms with Crippen LogP contribution in [0.2, 0.25) is 0 Å². The Kier molecular flexibility index (Phi) is 8.98. The molecule has 3 rings (SSSR count). The standard InChI is InChI=1S/C26H38N4O5/c1-18(28-25(33)35-26(2,3)4)9-24(32)30-14-20-10-21(15-30)13-29(12-20)16-22(31)17-34-23-7-5-19(11-27)6-8-23/h5-8,18,20-22,31H,9-10,12-17H2,1-4H3,(H,28,33). The van der Waals surface area contributed by atoms with Gasteiger partial charge in [0.05, 0.1) is 11.6 Å². The second-order valence-corrected chi connectivity index (χ2v) is 10.8. The molecular weight excluding hydrogens is 448 g/mol. The number of aliphatic hydroxyl groups excluding tert-OH is 1. The molecule has 2 aliphatic heterocycles. The topological polar surface area (TPSA) is 115 Å². The molecule has 2 N–H and O–H groups in total. The van der Waals surface area contributed by atoms with Gasteiger partial charge in [-0.1, -0.05) is 0 Å². The molecule has 2 fully saturated rings. The van der Waals surface area contributed by atoms with Gasteiger partial charge in [-0.05, 0) is 70.2 Å². The Morgan fingerprint density at radius 3 is 2.37 bits per heavy atom. The summed E-state index contributed by atoms with van der Waals surface area (Å²) in [5.41, 5.74) is -0.00749. The number of ether oxygens (including phenoxy) is 2. The van der Waals surface area contributed by atoms with Crippen molar-refractivity contribution in [2.45, 2.75) is 58.3 Å². The van der Waals surface area contributed by atoms with Gasteiger partial charge >= 0.3 is 6.09 Å². The van der Waals surface area contributed by atoms with Gasteiger partial charge in [0, 0.05) is 45.2 Å². The fourth-order valence-electron chi connectivity index (χ4n) is 4.86. The summed E-state index contributed by atoms with van der Waals surface area (Å²) in [5.74, 6) is 1.41. The highest BCUT2D eigenvalue weighted by Gasteiger charge is 2.36. The minimum Gasteiger partial charge on any atom is -0.491 e. The maximum atomic E-state index is 12.9. The number of aliphatic hydroxyl groups is 1. The first-order valence-electron chi connectivity index (χ1n) is 12.3. The molecule has 2 amide bonds. The van der Waals surface area contributed by atoms with Gasteiger partial charge in [0.25, 0.3) is 0 Å². The van der Waals surface area contributed by atoms with Crippen molar-refractivity contribution in [1.29, 1.82) is 5.26 Å². The van der Waals surface area contributed by atoms with Gasteiger partial charge in [-0.3, -0.25) is 9.69 Å². The van der Waals surface area contributed by atoms with Gasteiger partial charge in [0.1, 0.15) is 24.1 Å². The fourth-order valence-corrected chi connectivity index (χ4v) is 4.86. The highest BCUT2D eigenvalue weighted by molar-refractivity contribution is 5.78. The van der Waals surface area contributed by atoms with E-state index in [1.54, 1.807) is 45.0 Å². The lowest BCUT2D eigenvalue weighted by Gasteiger charge is -2.46. The highest BCUT2D eigenvalue weighted by atomic mass is 16.6. The molecule has 4 unspecified atom stereocenters. The minimum atomic E-state index is -0.623. The molecular formula is C26H38N4O5. The zero-order chi connectivity index (χ0) is 25.6. The second-order valence-electron chi connectivity index (χ2n) is 10.8. The highest BCUT2D eigenvalue weighted by Crippen LogP contribution is 2.29. The van der Waals surface area contributed by atoms with E-state index in [1.165, 1.54) is 0 Å². The Balaban J connectivity index is 1.40. The van der Waals surface area contributed by atoms with Gasteiger partial charge < -0.3 is 24.8 Å². The zero-order valence-corrected chi connectivity index (χ0v) is 21.2. The number of carbonyl (C=O) groups is 2. The molecule has 9 nitrogen and oxygen atoms in total. The third kappa shape index (κ3) is 8.71. The molecule has 0 spiro atoms. The normalized spacial score (nSPS) is 22.0. The van der Waals surface area contributed by atoms with Crippen molar-refractivity contribution >= 4 is 12.0 Å². The van der Waals surface area contributed by atoms with Crippen LogP contribution in [0.1, 0.15) is 46.1 Å². The number of nitrogens with one attached hydrogen (secondary N) is 1. The van der Waals surface area contributed by atoms with Crippen LogP contribution in [0.4, 0.5) is 4.79 Å². The largest absolute Gasteiger partial charge is 0.491 e. The van der Waals surface area contributed by atoms with Crippen LogP contribution in [0.3, 0.4) is 0 Å². The van der Waals surface area contributed by atoms with E-state index in [1.807, 2.05) is 11.8 Å². The number of likely N-dealkylation sites (tertiary alicyclic amines) is 2. The van der Waals surface area contributed by atoms with Crippen LogP contribution >= 0.6 is 0 Å².